The van der Waals surface area contributed by atoms with Gasteiger partial charge in [-0.1, -0.05) is 48.0 Å². The van der Waals surface area contributed by atoms with Gasteiger partial charge in [-0.2, -0.15) is 0 Å². The molecule has 0 spiro atoms. The molecular formula is C13H19BrN2O. The lowest BCUT2D eigenvalue weighted by atomic mass is 9.93. The molecule has 0 aliphatic rings. The quantitative estimate of drug-likeness (QED) is 0.878. The van der Waals surface area contributed by atoms with Crippen molar-refractivity contribution in [2.75, 3.05) is 0 Å². The Morgan fingerprint density at radius 1 is 1.35 bits per heavy atom. The lowest BCUT2D eigenvalue weighted by Gasteiger charge is -2.25. The zero-order chi connectivity index (χ0) is 12.9. The summed E-state index contributed by atoms with van der Waals surface area (Å²) in [6, 6.07) is 7.82. The topological polar surface area (TPSA) is 55.1 Å². The standard InChI is InChI=1S/C13H19BrN2O/c1-3-13(15,4-2)12(17)16-9-10-7-5-6-8-11(10)14/h5-8H,3-4,9,15H2,1-2H3,(H,16,17). The first-order chi connectivity index (χ1) is 8.03. The van der Waals surface area contributed by atoms with Gasteiger partial charge in [0.2, 0.25) is 5.91 Å². The Morgan fingerprint density at radius 2 is 1.94 bits per heavy atom. The van der Waals surface area contributed by atoms with E-state index >= 15 is 0 Å². The highest BCUT2D eigenvalue weighted by Gasteiger charge is 2.29. The predicted octanol–water partition coefficient (Wildman–Crippen LogP) is 2.58. The molecule has 0 radical (unpaired) electrons. The maximum absolute atomic E-state index is 12.0. The number of benzene rings is 1. The SMILES string of the molecule is CCC(N)(CC)C(=O)NCc1ccccc1Br. The second-order valence-corrected chi connectivity index (χ2v) is 4.99. The largest absolute Gasteiger partial charge is 0.350 e. The summed E-state index contributed by atoms with van der Waals surface area (Å²) in [5, 5.41) is 2.89. The van der Waals surface area contributed by atoms with E-state index in [2.05, 4.69) is 21.2 Å². The fourth-order valence-electron chi connectivity index (χ4n) is 1.56. The molecule has 0 heterocycles. The van der Waals surface area contributed by atoms with Crippen molar-refractivity contribution in [3.8, 4) is 0 Å². The first-order valence-corrected chi connectivity index (χ1v) is 6.63. The molecule has 1 aromatic carbocycles. The minimum absolute atomic E-state index is 0.0850. The van der Waals surface area contributed by atoms with E-state index in [1.54, 1.807) is 0 Å². The molecular weight excluding hydrogens is 280 g/mol. The van der Waals surface area contributed by atoms with Crippen molar-refractivity contribution in [1.82, 2.24) is 5.32 Å². The smallest absolute Gasteiger partial charge is 0.240 e. The Kier molecular flexibility index (Phi) is 5.15. The molecule has 1 rings (SSSR count). The highest BCUT2D eigenvalue weighted by molar-refractivity contribution is 9.10. The Morgan fingerprint density at radius 3 is 2.47 bits per heavy atom. The molecule has 1 aromatic rings. The van der Waals surface area contributed by atoms with E-state index in [9.17, 15) is 4.79 Å². The van der Waals surface area contributed by atoms with Crippen LogP contribution in [-0.4, -0.2) is 11.4 Å². The highest BCUT2D eigenvalue weighted by Crippen LogP contribution is 2.16. The van der Waals surface area contributed by atoms with Crippen molar-refractivity contribution in [1.29, 1.82) is 0 Å². The van der Waals surface area contributed by atoms with Crippen molar-refractivity contribution < 1.29 is 4.79 Å². The van der Waals surface area contributed by atoms with Crippen LogP contribution in [0.5, 0.6) is 0 Å². The van der Waals surface area contributed by atoms with Gasteiger partial charge in [-0.15, -0.1) is 0 Å². The summed E-state index contributed by atoms with van der Waals surface area (Å²) in [6.07, 6.45) is 1.29. The molecule has 0 atom stereocenters. The number of nitrogens with one attached hydrogen (secondary N) is 1. The van der Waals surface area contributed by atoms with Crippen LogP contribution in [0.1, 0.15) is 32.3 Å². The molecule has 3 nitrogen and oxygen atoms in total. The molecule has 0 aromatic heterocycles. The van der Waals surface area contributed by atoms with Crippen LogP contribution in [0, 0.1) is 0 Å². The summed E-state index contributed by atoms with van der Waals surface area (Å²) in [6.45, 7) is 4.36. The van der Waals surface area contributed by atoms with Crippen LogP contribution in [0.2, 0.25) is 0 Å². The third kappa shape index (κ3) is 3.54. The summed E-state index contributed by atoms with van der Waals surface area (Å²) in [5.41, 5.74) is 6.32. The van der Waals surface area contributed by atoms with Crippen molar-refractivity contribution in [3.05, 3.63) is 34.3 Å². The van der Waals surface area contributed by atoms with Gasteiger partial charge in [0.05, 0.1) is 5.54 Å². The van der Waals surface area contributed by atoms with Gasteiger partial charge in [-0.25, -0.2) is 0 Å². The van der Waals surface area contributed by atoms with Crippen LogP contribution in [-0.2, 0) is 11.3 Å². The Bertz CT molecular complexity index is 389. The zero-order valence-corrected chi connectivity index (χ0v) is 11.9. The second-order valence-electron chi connectivity index (χ2n) is 4.14. The van der Waals surface area contributed by atoms with Gasteiger partial charge in [0.1, 0.15) is 0 Å². The fraction of sp³-hybridized carbons (Fsp3) is 0.462. The van der Waals surface area contributed by atoms with E-state index in [1.807, 2.05) is 38.1 Å². The minimum Gasteiger partial charge on any atom is -0.350 e. The highest BCUT2D eigenvalue weighted by atomic mass is 79.9. The number of hydrogen-bond acceptors (Lipinski definition) is 2. The van der Waals surface area contributed by atoms with Crippen LogP contribution >= 0.6 is 15.9 Å². The van der Waals surface area contributed by atoms with E-state index in [1.165, 1.54) is 0 Å². The Balaban J connectivity index is 2.63. The van der Waals surface area contributed by atoms with Crippen LogP contribution in [0.25, 0.3) is 0 Å². The van der Waals surface area contributed by atoms with Crippen LogP contribution in [0.4, 0.5) is 0 Å². The van der Waals surface area contributed by atoms with Gasteiger partial charge in [-0.05, 0) is 24.5 Å². The van der Waals surface area contributed by atoms with Crippen LogP contribution in [0.3, 0.4) is 0 Å². The molecule has 94 valence electrons. The van der Waals surface area contributed by atoms with E-state index < -0.39 is 5.54 Å². The van der Waals surface area contributed by atoms with E-state index in [0.717, 1.165) is 10.0 Å². The van der Waals surface area contributed by atoms with Crippen molar-refractivity contribution >= 4 is 21.8 Å². The third-order valence-corrected chi connectivity index (χ3v) is 3.88. The molecule has 0 fully saturated rings. The summed E-state index contributed by atoms with van der Waals surface area (Å²) in [7, 11) is 0. The number of carbonyl (C=O) groups excluding carboxylic acids is 1. The summed E-state index contributed by atoms with van der Waals surface area (Å²) < 4.78 is 0.996. The number of nitrogens with two attached hydrogens (primary N) is 1. The van der Waals surface area contributed by atoms with E-state index in [-0.39, 0.29) is 5.91 Å². The number of carbonyl (C=O) groups is 1. The average molecular weight is 299 g/mol. The van der Waals surface area contributed by atoms with Gasteiger partial charge < -0.3 is 11.1 Å². The maximum atomic E-state index is 12.0. The molecule has 0 unspecified atom stereocenters. The Labute approximate surface area is 111 Å². The predicted molar refractivity (Wildman–Crippen MR) is 73.5 cm³/mol. The van der Waals surface area contributed by atoms with Gasteiger partial charge in [0.25, 0.3) is 0 Å². The first-order valence-electron chi connectivity index (χ1n) is 5.84. The Hall–Kier alpha value is -0.870. The monoisotopic (exact) mass is 298 g/mol. The molecule has 0 aliphatic heterocycles. The van der Waals surface area contributed by atoms with E-state index in [0.29, 0.717) is 19.4 Å². The summed E-state index contributed by atoms with van der Waals surface area (Å²) >= 11 is 3.45. The second kappa shape index (κ2) is 6.17. The molecule has 3 N–H and O–H groups in total. The van der Waals surface area contributed by atoms with Gasteiger partial charge in [-0.3, -0.25) is 4.79 Å². The van der Waals surface area contributed by atoms with Crippen LogP contribution < -0.4 is 11.1 Å². The molecule has 0 saturated heterocycles. The van der Waals surface area contributed by atoms with E-state index in [4.69, 9.17) is 5.73 Å². The lowest BCUT2D eigenvalue weighted by Crippen LogP contribution is -2.52. The first kappa shape index (κ1) is 14.2. The fourth-order valence-corrected chi connectivity index (χ4v) is 1.99. The summed E-state index contributed by atoms with van der Waals surface area (Å²) in [5.74, 6) is -0.0850. The van der Waals surface area contributed by atoms with Gasteiger partial charge in [0.15, 0.2) is 0 Å². The minimum atomic E-state index is -0.749. The number of halogens is 1. The zero-order valence-electron chi connectivity index (χ0n) is 10.3. The van der Waals surface area contributed by atoms with Crippen molar-refractivity contribution in [2.24, 2.45) is 5.73 Å². The lowest BCUT2D eigenvalue weighted by molar-refractivity contribution is -0.126. The summed E-state index contributed by atoms with van der Waals surface area (Å²) in [4.78, 5) is 12.0. The normalized spacial score (nSPS) is 11.3. The van der Waals surface area contributed by atoms with Gasteiger partial charge >= 0.3 is 0 Å². The van der Waals surface area contributed by atoms with Crippen molar-refractivity contribution in [2.45, 2.75) is 38.8 Å². The number of amides is 1. The van der Waals surface area contributed by atoms with Crippen molar-refractivity contribution in [3.63, 3.8) is 0 Å². The molecule has 17 heavy (non-hydrogen) atoms. The molecule has 0 saturated carbocycles. The molecule has 1 amide bonds. The molecule has 0 aliphatic carbocycles. The average Bonchev–Trinajstić information content (AvgIpc) is 2.36. The molecule has 4 heteroatoms. The van der Waals surface area contributed by atoms with Gasteiger partial charge in [0, 0.05) is 11.0 Å². The number of rotatable bonds is 5. The third-order valence-electron chi connectivity index (χ3n) is 3.11. The van der Waals surface area contributed by atoms with Crippen LogP contribution in [0.15, 0.2) is 28.7 Å². The number of hydrogen-bond donors (Lipinski definition) is 2. The molecule has 0 bridgehead atoms. The maximum Gasteiger partial charge on any atom is 0.240 e.